The van der Waals surface area contributed by atoms with E-state index in [1.165, 1.54) is 25.3 Å². The summed E-state index contributed by atoms with van der Waals surface area (Å²) in [6, 6.07) is 11.9. The van der Waals surface area contributed by atoms with E-state index in [4.69, 9.17) is 9.15 Å². The molecule has 2 heterocycles. The van der Waals surface area contributed by atoms with Gasteiger partial charge in [-0.05, 0) is 67.1 Å². The van der Waals surface area contributed by atoms with Crippen molar-refractivity contribution in [2.75, 3.05) is 12.0 Å². The molecular weight excluding hydrogens is 431 g/mol. The highest BCUT2D eigenvalue weighted by atomic mass is 19.1. The minimum absolute atomic E-state index is 0.110. The van der Waals surface area contributed by atoms with E-state index in [9.17, 15) is 23.6 Å². The number of furan rings is 1. The number of aryl methyl sites for hydroxylation is 1. The number of esters is 1. The highest BCUT2D eigenvalue weighted by molar-refractivity contribution is 6.39. The lowest BCUT2D eigenvalue weighted by atomic mass is 10.0. The average Bonchev–Trinajstić information content (AvgIpc) is 3.25. The van der Waals surface area contributed by atoms with E-state index in [1.54, 1.807) is 37.3 Å². The molecule has 4 rings (SSSR count). The number of urea groups is 1. The Morgan fingerprint density at radius 3 is 2.45 bits per heavy atom. The lowest BCUT2D eigenvalue weighted by Gasteiger charge is -2.26. The number of ether oxygens (including phenoxy) is 1. The third-order valence-corrected chi connectivity index (χ3v) is 5.01. The molecule has 4 amide bonds. The maximum atomic E-state index is 13.2. The normalized spacial score (nSPS) is 15.1. The molecule has 8 nitrogen and oxygen atoms in total. The molecule has 0 bridgehead atoms. The van der Waals surface area contributed by atoms with Crippen molar-refractivity contribution < 1.29 is 32.7 Å². The first kappa shape index (κ1) is 21.7. The summed E-state index contributed by atoms with van der Waals surface area (Å²) in [4.78, 5) is 49.9. The predicted octanol–water partition coefficient (Wildman–Crippen LogP) is 3.85. The van der Waals surface area contributed by atoms with E-state index in [0.717, 1.165) is 22.6 Å². The van der Waals surface area contributed by atoms with Gasteiger partial charge in [0.05, 0.1) is 18.4 Å². The molecule has 0 saturated carbocycles. The number of carbonyl (C=O) groups excluding carboxylic acids is 4. The SMILES string of the molecule is COC(=O)c1ccc(-c2ccc(/C=C3\C(=O)NC(=O)N(c4ccc(F)cc4)C3=O)o2)c(C)c1. The molecule has 1 fully saturated rings. The second kappa shape index (κ2) is 8.54. The van der Waals surface area contributed by atoms with Gasteiger partial charge in [0.25, 0.3) is 11.8 Å². The Bertz CT molecular complexity index is 1320. The van der Waals surface area contributed by atoms with E-state index < -0.39 is 29.6 Å². The Kier molecular flexibility index (Phi) is 5.61. The molecule has 1 aliphatic rings. The van der Waals surface area contributed by atoms with E-state index in [2.05, 4.69) is 5.32 Å². The Balaban J connectivity index is 1.65. The van der Waals surface area contributed by atoms with Crippen LogP contribution in [0.25, 0.3) is 17.4 Å². The second-order valence-corrected chi connectivity index (χ2v) is 7.16. The van der Waals surface area contributed by atoms with Crippen LogP contribution in [0.5, 0.6) is 0 Å². The Hall–Kier alpha value is -4.53. The molecule has 1 aliphatic heterocycles. The number of halogens is 1. The van der Waals surface area contributed by atoms with Crippen LogP contribution in [0.4, 0.5) is 14.9 Å². The number of hydrogen-bond donors (Lipinski definition) is 1. The van der Waals surface area contributed by atoms with Gasteiger partial charge in [0.15, 0.2) is 0 Å². The molecule has 1 aromatic heterocycles. The fraction of sp³-hybridized carbons (Fsp3) is 0.0833. The lowest BCUT2D eigenvalue weighted by Crippen LogP contribution is -2.54. The molecule has 3 aromatic rings. The maximum absolute atomic E-state index is 13.2. The smallest absolute Gasteiger partial charge is 0.337 e. The van der Waals surface area contributed by atoms with Crippen LogP contribution in [0.3, 0.4) is 0 Å². The number of nitrogens with one attached hydrogen (secondary N) is 1. The number of nitrogens with zero attached hydrogens (tertiary/aromatic N) is 1. The van der Waals surface area contributed by atoms with Gasteiger partial charge in [-0.1, -0.05) is 6.07 Å². The summed E-state index contributed by atoms with van der Waals surface area (Å²) < 4.78 is 23.7. The van der Waals surface area contributed by atoms with Crippen molar-refractivity contribution in [1.82, 2.24) is 5.32 Å². The van der Waals surface area contributed by atoms with Crippen molar-refractivity contribution >= 4 is 35.6 Å². The summed E-state index contributed by atoms with van der Waals surface area (Å²) in [6.45, 7) is 1.80. The van der Waals surface area contributed by atoms with Gasteiger partial charge in [0, 0.05) is 5.56 Å². The van der Waals surface area contributed by atoms with Crippen LogP contribution in [0, 0.1) is 12.7 Å². The Morgan fingerprint density at radius 2 is 1.79 bits per heavy atom. The van der Waals surface area contributed by atoms with Crippen LogP contribution in [0.1, 0.15) is 21.7 Å². The predicted molar refractivity (Wildman–Crippen MR) is 116 cm³/mol. The number of barbiturate groups is 1. The summed E-state index contributed by atoms with van der Waals surface area (Å²) in [5.74, 6) is -2.09. The summed E-state index contributed by atoms with van der Waals surface area (Å²) in [7, 11) is 1.30. The van der Waals surface area contributed by atoms with Crippen molar-refractivity contribution in [2.24, 2.45) is 0 Å². The molecule has 33 heavy (non-hydrogen) atoms. The van der Waals surface area contributed by atoms with Crippen LogP contribution < -0.4 is 10.2 Å². The van der Waals surface area contributed by atoms with E-state index in [1.807, 2.05) is 0 Å². The number of methoxy groups -OCH3 is 1. The van der Waals surface area contributed by atoms with E-state index in [-0.39, 0.29) is 17.0 Å². The third-order valence-electron chi connectivity index (χ3n) is 5.01. The summed E-state index contributed by atoms with van der Waals surface area (Å²) in [6.07, 6.45) is 1.22. The molecule has 9 heteroatoms. The minimum Gasteiger partial charge on any atom is -0.465 e. The topological polar surface area (TPSA) is 106 Å². The second-order valence-electron chi connectivity index (χ2n) is 7.16. The first-order valence-electron chi connectivity index (χ1n) is 9.74. The van der Waals surface area contributed by atoms with Crippen molar-refractivity contribution in [3.63, 3.8) is 0 Å². The highest BCUT2D eigenvalue weighted by Gasteiger charge is 2.37. The van der Waals surface area contributed by atoms with Crippen LogP contribution in [-0.2, 0) is 14.3 Å². The van der Waals surface area contributed by atoms with Gasteiger partial charge in [-0.2, -0.15) is 0 Å². The first-order valence-corrected chi connectivity index (χ1v) is 9.74. The number of anilines is 1. The fourth-order valence-corrected chi connectivity index (χ4v) is 3.38. The third kappa shape index (κ3) is 4.16. The molecular formula is C24H17FN2O6. The van der Waals surface area contributed by atoms with Gasteiger partial charge in [-0.15, -0.1) is 0 Å². The average molecular weight is 448 g/mol. The Labute approximate surface area is 187 Å². The summed E-state index contributed by atoms with van der Waals surface area (Å²) in [5.41, 5.74) is 1.64. The molecule has 166 valence electrons. The summed E-state index contributed by atoms with van der Waals surface area (Å²) in [5, 5.41) is 2.09. The van der Waals surface area contributed by atoms with Gasteiger partial charge in [0.2, 0.25) is 0 Å². The molecule has 0 aliphatic carbocycles. The van der Waals surface area contributed by atoms with Crippen LogP contribution in [-0.4, -0.2) is 30.9 Å². The van der Waals surface area contributed by atoms with Crippen LogP contribution in [0.15, 0.2) is 64.6 Å². The van der Waals surface area contributed by atoms with Crippen molar-refractivity contribution in [2.45, 2.75) is 6.92 Å². The number of carbonyl (C=O) groups is 4. The molecule has 2 aromatic carbocycles. The number of rotatable bonds is 4. The van der Waals surface area contributed by atoms with E-state index in [0.29, 0.717) is 16.9 Å². The number of amides is 4. The molecule has 0 radical (unpaired) electrons. The molecule has 0 unspecified atom stereocenters. The van der Waals surface area contributed by atoms with Crippen LogP contribution >= 0.6 is 0 Å². The van der Waals surface area contributed by atoms with Gasteiger partial charge >= 0.3 is 12.0 Å². The lowest BCUT2D eigenvalue weighted by molar-refractivity contribution is -0.122. The zero-order chi connectivity index (χ0) is 23.7. The maximum Gasteiger partial charge on any atom is 0.337 e. The number of benzene rings is 2. The standard InChI is InChI=1S/C24H17FN2O6/c1-13-11-14(23(30)32-2)3-9-18(13)20-10-8-17(33-20)12-19-21(28)26-24(31)27(22(19)29)16-6-4-15(25)5-7-16/h3-12H,1-2H3,(H,26,28,31)/b19-12+. The largest absolute Gasteiger partial charge is 0.465 e. The molecule has 0 spiro atoms. The van der Waals surface area contributed by atoms with Gasteiger partial charge in [-0.3, -0.25) is 14.9 Å². The number of imide groups is 2. The monoisotopic (exact) mass is 448 g/mol. The Morgan fingerprint density at radius 1 is 1.06 bits per heavy atom. The van der Waals surface area contributed by atoms with Crippen molar-refractivity contribution in [1.29, 1.82) is 0 Å². The van der Waals surface area contributed by atoms with E-state index >= 15 is 0 Å². The molecule has 0 atom stereocenters. The zero-order valence-electron chi connectivity index (χ0n) is 17.5. The molecule has 1 N–H and O–H groups in total. The quantitative estimate of drug-likeness (QED) is 0.369. The highest BCUT2D eigenvalue weighted by Crippen LogP contribution is 2.28. The van der Waals surface area contributed by atoms with Gasteiger partial charge in [0.1, 0.15) is 22.9 Å². The minimum atomic E-state index is -0.935. The first-order chi connectivity index (χ1) is 15.8. The van der Waals surface area contributed by atoms with Crippen LogP contribution in [0.2, 0.25) is 0 Å². The molecule has 1 saturated heterocycles. The van der Waals surface area contributed by atoms with Gasteiger partial charge < -0.3 is 9.15 Å². The van der Waals surface area contributed by atoms with Crippen molar-refractivity contribution in [3.8, 4) is 11.3 Å². The van der Waals surface area contributed by atoms with Gasteiger partial charge in [-0.25, -0.2) is 18.9 Å². The fourth-order valence-electron chi connectivity index (χ4n) is 3.38. The number of hydrogen-bond acceptors (Lipinski definition) is 6. The zero-order valence-corrected chi connectivity index (χ0v) is 17.5. The summed E-state index contributed by atoms with van der Waals surface area (Å²) >= 11 is 0. The van der Waals surface area contributed by atoms with Crippen molar-refractivity contribution in [3.05, 3.63) is 82.9 Å².